The topological polar surface area (TPSA) is 15.3 Å². The molecule has 2 fully saturated rings. The van der Waals surface area contributed by atoms with Gasteiger partial charge in [-0.25, -0.2) is 0 Å². The molecular weight excluding hydrogens is 220 g/mol. The minimum absolute atomic E-state index is 0.540. The summed E-state index contributed by atoms with van der Waals surface area (Å²) in [5.41, 5.74) is 0.540. The number of piperazine rings is 1. The third-order valence-electron chi connectivity index (χ3n) is 5.24. The molecule has 0 aromatic carbocycles. The molecule has 0 aromatic heterocycles. The van der Waals surface area contributed by atoms with E-state index in [0.29, 0.717) is 5.54 Å². The Hall–Kier alpha value is -0.0800. The molecule has 1 spiro atoms. The van der Waals surface area contributed by atoms with Crippen LogP contribution in [-0.2, 0) is 0 Å². The fourth-order valence-corrected chi connectivity index (χ4v) is 3.92. The standard InChI is InChI=1S/C16H32N2/c1-3-5-8-15(4-2)13-18-12-11-17-14-16(18)9-6-7-10-16/h15,17H,3-14H2,1-2H3. The van der Waals surface area contributed by atoms with Crippen molar-refractivity contribution in [3.8, 4) is 0 Å². The third kappa shape index (κ3) is 3.27. The molecule has 1 aliphatic carbocycles. The normalized spacial score (nSPS) is 25.7. The van der Waals surface area contributed by atoms with Crippen LogP contribution in [0.4, 0.5) is 0 Å². The van der Waals surface area contributed by atoms with E-state index < -0.39 is 0 Å². The maximum Gasteiger partial charge on any atom is 0.0334 e. The van der Waals surface area contributed by atoms with Gasteiger partial charge in [-0.05, 0) is 25.2 Å². The first-order valence-electron chi connectivity index (χ1n) is 8.26. The van der Waals surface area contributed by atoms with Gasteiger partial charge in [0.15, 0.2) is 0 Å². The molecule has 2 nitrogen and oxygen atoms in total. The Labute approximate surface area is 114 Å². The second kappa shape index (κ2) is 6.91. The largest absolute Gasteiger partial charge is 0.314 e. The second-order valence-corrected chi connectivity index (χ2v) is 6.47. The molecule has 0 aromatic rings. The smallest absolute Gasteiger partial charge is 0.0334 e. The fraction of sp³-hybridized carbons (Fsp3) is 1.00. The highest BCUT2D eigenvalue weighted by molar-refractivity contribution is 4.99. The summed E-state index contributed by atoms with van der Waals surface area (Å²) in [6.07, 6.45) is 11.3. The van der Waals surface area contributed by atoms with Gasteiger partial charge >= 0.3 is 0 Å². The molecule has 2 aliphatic rings. The highest BCUT2D eigenvalue weighted by Crippen LogP contribution is 2.37. The van der Waals surface area contributed by atoms with Crippen LogP contribution in [0, 0.1) is 5.92 Å². The monoisotopic (exact) mass is 252 g/mol. The molecule has 1 unspecified atom stereocenters. The van der Waals surface area contributed by atoms with Crippen LogP contribution in [0.15, 0.2) is 0 Å². The van der Waals surface area contributed by atoms with Gasteiger partial charge < -0.3 is 5.32 Å². The quantitative estimate of drug-likeness (QED) is 0.779. The van der Waals surface area contributed by atoms with Crippen LogP contribution in [-0.4, -0.2) is 36.6 Å². The Balaban J connectivity index is 1.91. The number of hydrogen-bond acceptors (Lipinski definition) is 2. The van der Waals surface area contributed by atoms with Crippen LogP contribution in [0.5, 0.6) is 0 Å². The summed E-state index contributed by atoms with van der Waals surface area (Å²) in [4.78, 5) is 2.86. The van der Waals surface area contributed by atoms with Crippen molar-refractivity contribution >= 4 is 0 Å². The Morgan fingerprint density at radius 3 is 2.67 bits per heavy atom. The van der Waals surface area contributed by atoms with Crippen molar-refractivity contribution < 1.29 is 0 Å². The molecule has 1 heterocycles. The molecule has 1 saturated heterocycles. The fourth-order valence-electron chi connectivity index (χ4n) is 3.92. The molecular formula is C16H32N2. The lowest BCUT2D eigenvalue weighted by Gasteiger charge is -2.47. The molecule has 1 aliphatic heterocycles. The Kier molecular flexibility index (Phi) is 5.50. The molecule has 2 rings (SSSR count). The molecule has 0 amide bonds. The molecule has 2 heteroatoms. The van der Waals surface area contributed by atoms with Crippen LogP contribution >= 0.6 is 0 Å². The van der Waals surface area contributed by atoms with E-state index in [1.54, 1.807) is 0 Å². The molecule has 106 valence electrons. The van der Waals surface area contributed by atoms with Crippen molar-refractivity contribution in [2.45, 2.75) is 70.8 Å². The summed E-state index contributed by atoms with van der Waals surface area (Å²) < 4.78 is 0. The third-order valence-corrected chi connectivity index (χ3v) is 5.24. The number of hydrogen-bond donors (Lipinski definition) is 1. The van der Waals surface area contributed by atoms with E-state index in [1.807, 2.05) is 0 Å². The van der Waals surface area contributed by atoms with E-state index in [-0.39, 0.29) is 0 Å². The van der Waals surface area contributed by atoms with Crippen LogP contribution < -0.4 is 5.32 Å². The Morgan fingerprint density at radius 1 is 1.22 bits per heavy atom. The van der Waals surface area contributed by atoms with Gasteiger partial charge in [0.05, 0.1) is 0 Å². The van der Waals surface area contributed by atoms with Crippen LogP contribution in [0.3, 0.4) is 0 Å². The van der Waals surface area contributed by atoms with Crippen molar-refractivity contribution in [1.82, 2.24) is 10.2 Å². The van der Waals surface area contributed by atoms with Crippen LogP contribution in [0.1, 0.15) is 65.2 Å². The van der Waals surface area contributed by atoms with E-state index in [1.165, 1.54) is 77.5 Å². The molecule has 0 bridgehead atoms. The average molecular weight is 252 g/mol. The Bertz CT molecular complexity index is 233. The molecule has 1 N–H and O–H groups in total. The second-order valence-electron chi connectivity index (χ2n) is 6.47. The van der Waals surface area contributed by atoms with Crippen molar-refractivity contribution in [3.63, 3.8) is 0 Å². The number of rotatable bonds is 6. The lowest BCUT2D eigenvalue weighted by molar-refractivity contribution is 0.0468. The van der Waals surface area contributed by atoms with E-state index in [4.69, 9.17) is 0 Å². The van der Waals surface area contributed by atoms with Gasteiger partial charge in [-0.3, -0.25) is 4.90 Å². The van der Waals surface area contributed by atoms with Crippen LogP contribution in [0.25, 0.3) is 0 Å². The van der Waals surface area contributed by atoms with E-state index >= 15 is 0 Å². The maximum atomic E-state index is 3.64. The minimum Gasteiger partial charge on any atom is -0.314 e. The van der Waals surface area contributed by atoms with Crippen molar-refractivity contribution in [2.24, 2.45) is 5.92 Å². The molecule has 0 radical (unpaired) electrons. The summed E-state index contributed by atoms with van der Waals surface area (Å²) in [7, 11) is 0. The number of nitrogens with zero attached hydrogens (tertiary/aromatic N) is 1. The van der Waals surface area contributed by atoms with Gasteiger partial charge in [-0.1, -0.05) is 46.0 Å². The van der Waals surface area contributed by atoms with Gasteiger partial charge in [-0.2, -0.15) is 0 Å². The summed E-state index contributed by atoms with van der Waals surface area (Å²) in [6.45, 7) is 9.78. The highest BCUT2D eigenvalue weighted by atomic mass is 15.3. The van der Waals surface area contributed by atoms with Crippen LogP contribution in [0.2, 0.25) is 0 Å². The lowest BCUT2D eigenvalue weighted by atomic mass is 9.89. The first kappa shape index (κ1) is 14.3. The van der Waals surface area contributed by atoms with E-state index in [0.717, 1.165) is 5.92 Å². The molecule has 1 atom stereocenters. The zero-order valence-corrected chi connectivity index (χ0v) is 12.5. The molecule has 1 saturated carbocycles. The number of unbranched alkanes of at least 4 members (excludes halogenated alkanes) is 1. The first-order valence-corrected chi connectivity index (χ1v) is 8.26. The zero-order valence-electron chi connectivity index (χ0n) is 12.5. The van der Waals surface area contributed by atoms with Crippen molar-refractivity contribution in [1.29, 1.82) is 0 Å². The summed E-state index contributed by atoms with van der Waals surface area (Å²) in [6, 6.07) is 0. The summed E-state index contributed by atoms with van der Waals surface area (Å²) in [5, 5.41) is 3.64. The van der Waals surface area contributed by atoms with Gasteiger partial charge in [0.2, 0.25) is 0 Å². The summed E-state index contributed by atoms with van der Waals surface area (Å²) >= 11 is 0. The average Bonchev–Trinajstić information content (AvgIpc) is 2.86. The first-order chi connectivity index (χ1) is 8.80. The zero-order chi connectivity index (χ0) is 12.8. The maximum absolute atomic E-state index is 3.64. The Morgan fingerprint density at radius 2 is 2.00 bits per heavy atom. The summed E-state index contributed by atoms with van der Waals surface area (Å²) in [5.74, 6) is 0.931. The minimum atomic E-state index is 0.540. The van der Waals surface area contributed by atoms with Crippen molar-refractivity contribution in [3.05, 3.63) is 0 Å². The predicted octanol–water partition coefficient (Wildman–Crippen LogP) is 3.42. The molecule has 18 heavy (non-hydrogen) atoms. The van der Waals surface area contributed by atoms with Gasteiger partial charge in [0.25, 0.3) is 0 Å². The SMILES string of the molecule is CCCCC(CC)CN1CCNCC12CCCC2. The van der Waals surface area contributed by atoms with Gasteiger partial charge in [0.1, 0.15) is 0 Å². The van der Waals surface area contributed by atoms with Gasteiger partial charge in [-0.15, -0.1) is 0 Å². The predicted molar refractivity (Wildman–Crippen MR) is 78.9 cm³/mol. The number of nitrogens with one attached hydrogen (secondary N) is 1. The highest BCUT2D eigenvalue weighted by Gasteiger charge is 2.41. The van der Waals surface area contributed by atoms with Gasteiger partial charge in [0, 0.05) is 31.7 Å². The van der Waals surface area contributed by atoms with Crippen molar-refractivity contribution in [2.75, 3.05) is 26.2 Å². The van der Waals surface area contributed by atoms with E-state index in [2.05, 4.69) is 24.1 Å². The van der Waals surface area contributed by atoms with E-state index in [9.17, 15) is 0 Å². The lowest BCUT2D eigenvalue weighted by Crippen LogP contribution is -2.60.